The van der Waals surface area contributed by atoms with Gasteiger partial charge in [0, 0.05) is 11.3 Å². The lowest BCUT2D eigenvalue weighted by Gasteiger charge is -2.10. The molecule has 7 nitrogen and oxygen atoms in total. The number of H-pyrrole nitrogens is 1. The molecule has 1 aromatic heterocycles. The van der Waals surface area contributed by atoms with E-state index in [4.69, 9.17) is 10.5 Å². The molecule has 3 rings (SSSR count). The first-order chi connectivity index (χ1) is 13.0. The number of ether oxygens (including phenoxy) is 1. The number of aromatic amines is 1. The summed E-state index contributed by atoms with van der Waals surface area (Å²) in [4.78, 5) is 16.4. The largest absolute Gasteiger partial charge is 0.484 e. The van der Waals surface area contributed by atoms with E-state index in [0.717, 1.165) is 5.56 Å². The summed E-state index contributed by atoms with van der Waals surface area (Å²) in [5.74, 6) is 2.07. The Balaban J connectivity index is 1.55. The highest BCUT2D eigenvalue weighted by Gasteiger charge is 2.08. The van der Waals surface area contributed by atoms with Crippen LogP contribution in [0.15, 0.2) is 48.5 Å². The Hall–Kier alpha value is -3.19. The number of aromatic nitrogens is 3. The quantitative estimate of drug-likeness (QED) is 0.597. The van der Waals surface area contributed by atoms with Crippen LogP contribution in [0.4, 0.5) is 5.69 Å². The number of rotatable bonds is 7. The second-order valence-electron chi connectivity index (χ2n) is 6.45. The Morgan fingerprint density at radius 2 is 2.00 bits per heavy atom. The second-order valence-corrected chi connectivity index (χ2v) is 6.45. The van der Waals surface area contributed by atoms with Gasteiger partial charge < -0.3 is 15.8 Å². The molecule has 0 spiro atoms. The molecule has 0 atom stereocenters. The van der Waals surface area contributed by atoms with Crippen LogP contribution in [-0.2, 0) is 11.3 Å². The van der Waals surface area contributed by atoms with Crippen LogP contribution in [0.1, 0.15) is 31.2 Å². The van der Waals surface area contributed by atoms with Crippen LogP contribution in [-0.4, -0.2) is 27.7 Å². The lowest BCUT2D eigenvalue weighted by Crippen LogP contribution is -2.20. The maximum Gasteiger partial charge on any atom is 0.262 e. The van der Waals surface area contributed by atoms with Gasteiger partial charge >= 0.3 is 0 Å². The predicted octanol–water partition coefficient (Wildman–Crippen LogP) is 3.07. The van der Waals surface area contributed by atoms with E-state index < -0.39 is 0 Å². The summed E-state index contributed by atoms with van der Waals surface area (Å²) in [5.41, 5.74) is 8.21. The fourth-order valence-corrected chi connectivity index (χ4v) is 2.53. The number of anilines is 1. The van der Waals surface area contributed by atoms with Crippen molar-refractivity contribution in [2.75, 3.05) is 11.9 Å². The van der Waals surface area contributed by atoms with Crippen molar-refractivity contribution in [1.82, 2.24) is 15.2 Å². The second kappa shape index (κ2) is 8.46. The average molecular weight is 365 g/mol. The van der Waals surface area contributed by atoms with E-state index in [1.165, 1.54) is 5.56 Å². The first-order valence-corrected chi connectivity index (χ1v) is 8.79. The van der Waals surface area contributed by atoms with E-state index in [9.17, 15) is 4.79 Å². The average Bonchev–Trinajstić information content (AvgIpc) is 3.16. The van der Waals surface area contributed by atoms with Gasteiger partial charge in [0.05, 0.1) is 6.54 Å². The van der Waals surface area contributed by atoms with Gasteiger partial charge in [0.25, 0.3) is 5.91 Å². The van der Waals surface area contributed by atoms with Gasteiger partial charge in [-0.2, -0.15) is 5.10 Å². The van der Waals surface area contributed by atoms with Crippen molar-refractivity contribution >= 4 is 11.6 Å². The molecular formula is C20H23N5O2. The van der Waals surface area contributed by atoms with Gasteiger partial charge in [-0.25, -0.2) is 4.98 Å². The molecule has 140 valence electrons. The van der Waals surface area contributed by atoms with Crippen molar-refractivity contribution in [3.63, 3.8) is 0 Å². The lowest BCUT2D eigenvalue weighted by atomic mass is 10.0. The van der Waals surface area contributed by atoms with Crippen molar-refractivity contribution in [3.05, 3.63) is 59.9 Å². The molecular weight excluding hydrogens is 342 g/mol. The van der Waals surface area contributed by atoms with Gasteiger partial charge in [-0.15, -0.1) is 0 Å². The number of nitrogens with two attached hydrogens (primary N) is 1. The van der Waals surface area contributed by atoms with E-state index in [1.807, 2.05) is 36.4 Å². The Bertz CT molecular complexity index is 903. The van der Waals surface area contributed by atoms with Gasteiger partial charge in [-0.05, 0) is 47.9 Å². The van der Waals surface area contributed by atoms with Gasteiger partial charge in [-0.3, -0.25) is 9.89 Å². The third-order valence-electron chi connectivity index (χ3n) is 4.05. The third kappa shape index (κ3) is 4.92. The van der Waals surface area contributed by atoms with Crippen LogP contribution in [0, 0.1) is 0 Å². The lowest BCUT2D eigenvalue weighted by molar-refractivity contribution is -0.118. The highest BCUT2D eigenvalue weighted by Crippen LogP contribution is 2.20. The molecule has 2 aromatic carbocycles. The number of nitrogens with zero attached hydrogens (tertiary/aromatic N) is 2. The zero-order chi connectivity index (χ0) is 19.2. The third-order valence-corrected chi connectivity index (χ3v) is 4.05. The molecule has 0 unspecified atom stereocenters. The van der Waals surface area contributed by atoms with E-state index in [2.05, 4.69) is 34.3 Å². The first-order valence-electron chi connectivity index (χ1n) is 8.79. The summed E-state index contributed by atoms with van der Waals surface area (Å²) >= 11 is 0. The summed E-state index contributed by atoms with van der Waals surface area (Å²) in [7, 11) is 0. The molecule has 0 fully saturated rings. The summed E-state index contributed by atoms with van der Waals surface area (Å²) in [6.07, 6.45) is 0. The fourth-order valence-electron chi connectivity index (χ4n) is 2.53. The summed E-state index contributed by atoms with van der Waals surface area (Å²) in [6.45, 7) is 4.49. The van der Waals surface area contributed by atoms with Crippen LogP contribution >= 0.6 is 0 Å². The van der Waals surface area contributed by atoms with E-state index >= 15 is 0 Å². The van der Waals surface area contributed by atoms with Crippen molar-refractivity contribution < 1.29 is 9.53 Å². The van der Waals surface area contributed by atoms with Crippen molar-refractivity contribution in [3.8, 4) is 17.1 Å². The smallest absolute Gasteiger partial charge is 0.262 e. The zero-order valence-electron chi connectivity index (χ0n) is 15.4. The summed E-state index contributed by atoms with van der Waals surface area (Å²) in [6, 6.07) is 15.1. The van der Waals surface area contributed by atoms with Crippen LogP contribution in [0.5, 0.6) is 5.75 Å². The van der Waals surface area contributed by atoms with E-state index in [-0.39, 0.29) is 12.5 Å². The van der Waals surface area contributed by atoms with Gasteiger partial charge in [0.15, 0.2) is 12.4 Å². The Morgan fingerprint density at radius 3 is 2.67 bits per heavy atom. The number of amides is 1. The van der Waals surface area contributed by atoms with Crippen LogP contribution in [0.2, 0.25) is 0 Å². The number of carbonyl (C=O) groups excluding carboxylic acids is 1. The van der Waals surface area contributed by atoms with Crippen LogP contribution in [0.25, 0.3) is 11.4 Å². The monoisotopic (exact) mass is 365 g/mol. The molecule has 0 aliphatic heterocycles. The molecule has 0 aliphatic rings. The van der Waals surface area contributed by atoms with Crippen LogP contribution in [0.3, 0.4) is 0 Å². The minimum atomic E-state index is -0.221. The fraction of sp³-hybridized carbons (Fsp3) is 0.250. The molecule has 3 aromatic rings. The molecule has 0 saturated carbocycles. The SMILES string of the molecule is CC(C)c1cccc(OCC(=O)Nc2ccc(-c3n[nH]c(CN)n3)cc2)c1. The minimum absolute atomic E-state index is 0.0515. The molecule has 0 aliphatic carbocycles. The molecule has 7 heteroatoms. The summed E-state index contributed by atoms with van der Waals surface area (Å²) in [5, 5.41) is 9.69. The molecule has 0 saturated heterocycles. The number of benzene rings is 2. The molecule has 0 bridgehead atoms. The molecule has 27 heavy (non-hydrogen) atoms. The number of hydrogen-bond acceptors (Lipinski definition) is 5. The van der Waals surface area contributed by atoms with Crippen molar-refractivity contribution in [2.45, 2.75) is 26.3 Å². The minimum Gasteiger partial charge on any atom is -0.484 e. The zero-order valence-corrected chi connectivity index (χ0v) is 15.4. The highest BCUT2D eigenvalue weighted by atomic mass is 16.5. The standard InChI is InChI=1S/C20H23N5O2/c1-13(2)15-4-3-5-17(10-15)27-12-19(26)22-16-8-6-14(7-9-16)20-23-18(11-21)24-25-20/h3-10,13H,11-12,21H2,1-2H3,(H,22,26)(H,23,24,25). The van der Waals surface area contributed by atoms with E-state index in [0.29, 0.717) is 35.5 Å². The molecule has 1 heterocycles. The summed E-state index contributed by atoms with van der Waals surface area (Å²) < 4.78 is 5.59. The molecule has 1 amide bonds. The van der Waals surface area contributed by atoms with Crippen molar-refractivity contribution in [2.24, 2.45) is 5.73 Å². The Kier molecular flexibility index (Phi) is 5.83. The Labute approximate surface area is 158 Å². The first kappa shape index (κ1) is 18.6. The maximum atomic E-state index is 12.1. The maximum absolute atomic E-state index is 12.1. The highest BCUT2D eigenvalue weighted by molar-refractivity contribution is 5.92. The molecule has 4 N–H and O–H groups in total. The van der Waals surface area contributed by atoms with Crippen molar-refractivity contribution in [1.29, 1.82) is 0 Å². The number of carbonyl (C=O) groups is 1. The van der Waals surface area contributed by atoms with Gasteiger partial charge in [0.1, 0.15) is 11.6 Å². The van der Waals surface area contributed by atoms with E-state index in [1.54, 1.807) is 12.1 Å². The number of hydrogen-bond donors (Lipinski definition) is 3. The Morgan fingerprint density at radius 1 is 1.22 bits per heavy atom. The predicted molar refractivity (Wildman–Crippen MR) is 104 cm³/mol. The van der Waals surface area contributed by atoms with Crippen LogP contribution < -0.4 is 15.8 Å². The number of nitrogens with one attached hydrogen (secondary N) is 2. The molecule has 0 radical (unpaired) electrons. The van der Waals surface area contributed by atoms with Gasteiger partial charge in [-0.1, -0.05) is 26.0 Å². The topological polar surface area (TPSA) is 106 Å². The normalized spacial score (nSPS) is 10.8. The van der Waals surface area contributed by atoms with Gasteiger partial charge in [0.2, 0.25) is 0 Å².